The van der Waals surface area contributed by atoms with Gasteiger partial charge in [0.2, 0.25) is 0 Å². The molecule has 11 heavy (non-hydrogen) atoms. The Morgan fingerprint density at radius 1 is 1.64 bits per heavy atom. The number of nitro groups is 1. The minimum Gasteiger partial charge on any atom is -0.384 e. The average Bonchev–Trinajstić information content (AvgIpc) is 1.85. The molecule has 0 unspecified atom stereocenters. The third-order valence-corrected chi connectivity index (χ3v) is 0.976. The summed E-state index contributed by atoms with van der Waals surface area (Å²) in [6.45, 7) is 0. The van der Waals surface area contributed by atoms with Crippen molar-refractivity contribution in [2.24, 2.45) is 0 Å². The Hall–Kier alpha value is -1.85. The highest BCUT2D eigenvalue weighted by molar-refractivity contribution is 5.40. The van der Waals surface area contributed by atoms with E-state index < -0.39 is 5.03 Å². The maximum Gasteiger partial charge on any atom is 0.192 e. The van der Waals surface area contributed by atoms with Crippen molar-refractivity contribution < 1.29 is 5.03 Å². The van der Waals surface area contributed by atoms with Crippen molar-refractivity contribution in [2.45, 2.75) is 0 Å². The lowest BCUT2D eigenvalue weighted by Gasteiger charge is -1.95. The molecule has 6 heteroatoms. The van der Waals surface area contributed by atoms with Gasteiger partial charge in [0.25, 0.3) is 0 Å². The molecule has 0 radical (unpaired) electrons. The summed E-state index contributed by atoms with van der Waals surface area (Å²) in [4.78, 5) is 13.5. The van der Waals surface area contributed by atoms with Gasteiger partial charge in [0.15, 0.2) is 10.9 Å². The van der Waals surface area contributed by atoms with Gasteiger partial charge in [0, 0.05) is 0 Å². The third-order valence-electron chi connectivity index (χ3n) is 0.976. The highest BCUT2D eigenvalue weighted by atomic mass is 16.7. The van der Waals surface area contributed by atoms with Gasteiger partial charge in [-0.1, -0.05) is 11.5 Å². The van der Waals surface area contributed by atoms with E-state index in [1.165, 1.54) is 6.07 Å². The smallest absolute Gasteiger partial charge is 0.192 e. The number of rotatable bonds is 2. The molecule has 1 aromatic rings. The molecule has 0 fully saturated rings. The second-order valence-electron chi connectivity index (χ2n) is 1.82. The summed E-state index contributed by atoms with van der Waals surface area (Å²) in [5.74, 6) is 0.381. The molecule has 0 bridgehead atoms. The quantitative estimate of drug-likeness (QED) is 0.471. The van der Waals surface area contributed by atoms with Gasteiger partial charge in [-0.3, -0.25) is 0 Å². The van der Waals surface area contributed by atoms with Crippen molar-refractivity contribution in [1.82, 2.24) is 4.98 Å². The molecular formula is C5H6N4O2. The fourth-order valence-electron chi connectivity index (χ4n) is 0.607. The topological polar surface area (TPSA) is 94.1 Å². The van der Waals surface area contributed by atoms with Crippen molar-refractivity contribution in [3.05, 3.63) is 28.3 Å². The van der Waals surface area contributed by atoms with Crippen LogP contribution in [0.5, 0.6) is 0 Å². The molecule has 58 valence electrons. The van der Waals surface area contributed by atoms with Crippen LogP contribution in [0.2, 0.25) is 0 Å². The Morgan fingerprint density at radius 3 is 2.91 bits per heavy atom. The first kappa shape index (κ1) is 7.26. The molecule has 6 nitrogen and oxygen atoms in total. The molecule has 3 N–H and O–H groups in total. The number of hydrazine groups is 1. The molecule has 0 saturated carbocycles. The molecule has 0 spiro atoms. The maximum atomic E-state index is 9.89. The number of nitrogens with two attached hydrogens (primary N) is 1. The Morgan fingerprint density at radius 2 is 2.36 bits per heavy atom. The fourth-order valence-corrected chi connectivity index (χ4v) is 0.607. The van der Waals surface area contributed by atoms with Gasteiger partial charge in [-0.15, -0.1) is 0 Å². The lowest BCUT2D eigenvalue weighted by Crippen LogP contribution is -2.09. The molecule has 1 aromatic heterocycles. The molecular weight excluding hydrogens is 148 g/mol. The van der Waals surface area contributed by atoms with Crippen LogP contribution in [0.25, 0.3) is 0 Å². The number of hydrogen-bond acceptors (Lipinski definition) is 4. The zero-order valence-corrected chi connectivity index (χ0v) is 5.52. The number of nitrogens with one attached hydrogen (secondary N) is 1. The van der Waals surface area contributed by atoms with Crippen LogP contribution >= 0.6 is 0 Å². The zero-order valence-electron chi connectivity index (χ0n) is 5.52. The molecule has 0 amide bonds. The first-order valence-electron chi connectivity index (χ1n) is 2.82. The molecule has 0 atom stereocenters. The van der Waals surface area contributed by atoms with Crippen LogP contribution in [0.3, 0.4) is 0 Å². The minimum absolute atomic E-state index is 0.134. The summed E-state index contributed by atoms with van der Waals surface area (Å²) in [6, 6.07) is 4.58. The second kappa shape index (κ2) is 2.82. The zero-order chi connectivity index (χ0) is 8.27. The lowest BCUT2D eigenvalue weighted by molar-refractivity contribution is -0.445. The molecule has 0 aliphatic rings. The van der Waals surface area contributed by atoms with E-state index in [4.69, 9.17) is 5.73 Å². The monoisotopic (exact) mass is 154 g/mol. The predicted octanol–water partition coefficient (Wildman–Crippen LogP) is 0.267. The number of hydrogen-bond donors (Lipinski definition) is 2. The van der Waals surface area contributed by atoms with Gasteiger partial charge in [0.05, 0.1) is 0 Å². The molecule has 0 aromatic carbocycles. The van der Waals surface area contributed by atoms with Crippen molar-refractivity contribution in [3.63, 3.8) is 0 Å². The summed E-state index contributed by atoms with van der Waals surface area (Å²) in [5, 5.41) is 9.20. The minimum atomic E-state index is -0.693. The normalized spacial score (nSPS) is 9.09. The summed E-state index contributed by atoms with van der Waals surface area (Å²) in [6.07, 6.45) is 0. The lowest BCUT2D eigenvalue weighted by atomic mass is 10.4. The summed E-state index contributed by atoms with van der Waals surface area (Å²) < 4.78 is 0. The third kappa shape index (κ3) is 2.09. The Bertz CT molecular complexity index is 275. The molecule has 0 aliphatic heterocycles. The first-order valence-corrected chi connectivity index (χ1v) is 2.82. The summed E-state index contributed by atoms with van der Waals surface area (Å²) in [7, 11) is 0. The number of anilines is 2. The SMILES string of the molecule is Nc1cccc(N[N+](=O)[O-])n1. The number of aromatic nitrogens is 1. The van der Waals surface area contributed by atoms with E-state index in [1.54, 1.807) is 12.1 Å². The van der Waals surface area contributed by atoms with E-state index in [1.807, 2.05) is 5.43 Å². The number of nitrogen functional groups attached to an aromatic ring is 1. The van der Waals surface area contributed by atoms with Gasteiger partial charge >= 0.3 is 0 Å². The maximum absolute atomic E-state index is 9.89. The highest BCUT2D eigenvalue weighted by Crippen LogP contribution is 2.04. The van der Waals surface area contributed by atoms with E-state index in [-0.39, 0.29) is 11.6 Å². The Kier molecular flexibility index (Phi) is 1.86. The fraction of sp³-hybridized carbons (Fsp3) is 0. The molecule has 0 saturated heterocycles. The van der Waals surface area contributed by atoms with Gasteiger partial charge in [-0.05, 0) is 12.1 Å². The average molecular weight is 154 g/mol. The second-order valence-corrected chi connectivity index (χ2v) is 1.82. The predicted molar refractivity (Wildman–Crippen MR) is 39.3 cm³/mol. The first-order chi connectivity index (χ1) is 5.18. The Balaban J connectivity index is 2.79. The summed E-state index contributed by atoms with van der Waals surface area (Å²) in [5.41, 5.74) is 7.14. The van der Waals surface area contributed by atoms with E-state index in [0.717, 1.165) is 0 Å². The molecule has 0 aliphatic carbocycles. The van der Waals surface area contributed by atoms with Crippen LogP contribution in [-0.4, -0.2) is 10.0 Å². The molecule has 1 heterocycles. The van der Waals surface area contributed by atoms with Crippen molar-refractivity contribution in [2.75, 3.05) is 11.2 Å². The van der Waals surface area contributed by atoms with Crippen molar-refractivity contribution in [3.8, 4) is 0 Å². The van der Waals surface area contributed by atoms with Crippen LogP contribution < -0.4 is 11.2 Å². The van der Waals surface area contributed by atoms with Crippen LogP contribution in [0.1, 0.15) is 0 Å². The highest BCUT2D eigenvalue weighted by Gasteiger charge is 1.98. The molecule has 1 rings (SSSR count). The number of nitrogens with zero attached hydrogens (tertiary/aromatic N) is 2. The van der Waals surface area contributed by atoms with Gasteiger partial charge < -0.3 is 5.73 Å². The van der Waals surface area contributed by atoms with Crippen molar-refractivity contribution in [1.29, 1.82) is 0 Å². The van der Waals surface area contributed by atoms with E-state index >= 15 is 0 Å². The van der Waals surface area contributed by atoms with Crippen molar-refractivity contribution >= 4 is 11.6 Å². The van der Waals surface area contributed by atoms with Gasteiger partial charge in [-0.2, -0.15) is 0 Å². The van der Waals surface area contributed by atoms with Gasteiger partial charge in [0.1, 0.15) is 5.82 Å². The van der Waals surface area contributed by atoms with Crippen LogP contribution in [-0.2, 0) is 0 Å². The van der Waals surface area contributed by atoms with E-state index in [9.17, 15) is 10.1 Å². The van der Waals surface area contributed by atoms with Gasteiger partial charge in [-0.25, -0.2) is 15.1 Å². The van der Waals surface area contributed by atoms with Crippen LogP contribution in [0.15, 0.2) is 18.2 Å². The largest absolute Gasteiger partial charge is 0.384 e. The van der Waals surface area contributed by atoms with Crippen LogP contribution in [0, 0.1) is 10.1 Å². The number of pyridine rings is 1. The van der Waals surface area contributed by atoms with Crippen LogP contribution in [0.4, 0.5) is 11.6 Å². The Labute approximate surface area is 62.2 Å². The van der Waals surface area contributed by atoms with E-state index in [2.05, 4.69) is 4.98 Å². The standard InChI is InChI=1S/C5H6N4O2/c6-4-2-1-3-5(7-4)8-9(10)11/h1-3H,(H3,6,7,8). The summed E-state index contributed by atoms with van der Waals surface area (Å²) >= 11 is 0. The van der Waals surface area contributed by atoms with E-state index in [0.29, 0.717) is 0 Å².